The van der Waals surface area contributed by atoms with E-state index in [1.807, 2.05) is 41.5 Å². The number of primary amides is 1. The van der Waals surface area contributed by atoms with Crippen LogP contribution in [0.2, 0.25) is 0 Å². The fraction of sp³-hybridized carbons (Fsp3) is 0.722. The van der Waals surface area contributed by atoms with Gasteiger partial charge < -0.3 is 20.5 Å². The van der Waals surface area contributed by atoms with E-state index in [2.05, 4.69) is 16.6 Å². The minimum Gasteiger partial charge on any atom is -0.462 e. The van der Waals surface area contributed by atoms with E-state index < -0.39 is 5.60 Å². The van der Waals surface area contributed by atoms with Crippen LogP contribution in [0.25, 0.3) is 0 Å². The van der Waals surface area contributed by atoms with Crippen molar-refractivity contribution in [1.82, 2.24) is 5.32 Å². The number of piperidine rings is 1. The molecule has 0 aromatic rings. The second-order valence-electron chi connectivity index (χ2n) is 7.49. The van der Waals surface area contributed by atoms with Crippen molar-refractivity contribution in [2.45, 2.75) is 65.6 Å². The van der Waals surface area contributed by atoms with E-state index in [0.717, 1.165) is 32.0 Å². The maximum atomic E-state index is 10.5. The molecule has 7 heteroatoms. The fourth-order valence-electron chi connectivity index (χ4n) is 1.59. The van der Waals surface area contributed by atoms with Crippen molar-refractivity contribution < 1.29 is 23.9 Å². The van der Waals surface area contributed by atoms with Gasteiger partial charge in [-0.05, 0) is 67.5 Å². The molecular formula is C18H34N2O5. The molecule has 7 nitrogen and oxygen atoms in total. The highest BCUT2D eigenvalue weighted by atomic mass is 16.6. The summed E-state index contributed by atoms with van der Waals surface area (Å²) in [5.74, 6) is -0.384. The molecule has 1 aliphatic rings. The summed E-state index contributed by atoms with van der Waals surface area (Å²) in [6, 6.07) is 0. The first kappa shape index (κ1) is 25.4. The van der Waals surface area contributed by atoms with Crippen LogP contribution in [0.3, 0.4) is 0 Å². The Morgan fingerprint density at radius 3 is 1.72 bits per heavy atom. The van der Waals surface area contributed by atoms with Gasteiger partial charge in [0, 0.05) is 12.0 Å². The molecule has 0 aliphatic carbocycles. The highest BCUT2D eigenvalue weighted by Gasteiger charge is 2.17. The minimum absolute atomic E-state index is 0.131. The highest BCUT2D eigenvalue weighted by Crippen LogP contribution is 2.09. The Morgan fingerprint density at radius 1 is 1.08 bits per heavy atom. The van der Waals surface area contributed by atoms with Crippen molar-refractivity contribution in [3.05, 3.63) is 12.7 Å². The van der Waals surface area contributed by atoms with E-state index in [9.17, 15) is 14.4 Å². The lowest BCUT2D eigenvalue weighted by Gasteiger charge is -2.18. The van der Waals surface area contributed by atoms with Gasteiger partial charge >= 0.3 is 5.97 Å². The van der Waals surface area contributed by atoms with Crippen LogP contribution in [0, 0.1) is 5.92 Å². The van der Waals surface area contributed by atoms with Gasteiger partial charge in [-0.2, -0.15) is 0 Å². The molecule has 1 aliphatic heterocycles. The molecule has 0 bridgehead atoms. The zero-order chi connectivity index (χ0) is 20.1. The largest absolute Gasteiger partial charge is 0.462 e. The van der Waals surface area contributed by atoms with Crippen LogP contribution in [-0.2, 0) is 23.9 Å². The smallest absolute Gasteiger partial charge is 0.330 e. The van der Waals surface area contributed by atoms with E-state index in [4.69, 9.17) is 10.5 Å². The highest BCUT2D eigenvalue weighted by molar-refractivity contribution is 5.81. The summed E-state index contributed by atoms with van der Waals surface area (Å²) in [6.07, 6.45) is 2.98. The zero-order valence-corrected chi connectivity index (χ0v) is 16.4. The number of esters is 1. The van der Waals surface area contributed by atoms with E-state index in [-0.39, 0.29) is 23.4 Å². The molecule has 146 valence electrons. The van der Waals surface area contributed by atoms with E-state index in [1.54, 1.807) is 0 Å². The molecule has 0 atom stereocenters. The van der Waals surface area contributed by atoms with Crippen molar-refractivity contribution in [2.75, 3.05) is 13.1 Å². The van der Waals surface area contributed by atoms with E-state index in [1.165, 1.54) is 0 Å². The quantitative estimate of drug-likeness (QED) is 0.453. The second-order valence-corrected chi connectivity index (χ2v) is 7.49. The molecule has 1 saturated heterocycles. The number of carbonyl (C=O) groups excluding carboxylic acids is 3. The van der Waals surface area contributed by atoms with Crippen LogP contribution in [0.5, 0.6) is 0 Å². The van der Waals surface area contributed by atoms with Gasteiger partial charge in [0.15, 0.2) is 0 Å². The summed E-state index contributed by atoms with van der Waals surface area (Å²) in [7, 11) is 0. The molecule has 1 rings (SSSR count). The summed E-state index contributed by atoms with van der Waals surface area (Å²) in [6.45, 7) is 16.5. The second kappa shape index (κ2) is 12.5. The molecule has 0 aromatic heterocycles. The lowest BCUT2D eigenvalue weighted by Crippen LogP contribution is -2.34. The predicted molar refractivity (Wildman–Crippen MR) is 97.7 cm³/mol. The Morgan fingerprint density at radius 2 is 1.56 bits per heavy atom. The molecule has 0 unspecified atom stereocenters. The Balaban J connectivity index is 0. The molecule has 0 radical (unpaired) electrons. The average molecular weight is 358 g/mol. The number of hydrogen-bond donors (Lipinski definition) is 2. The number of ether oxygens (including phenoxy) is 2. The Hall–Kier alpha value is -1.89. The standard InChI is InChI=1S/C7H12O2.C6H12N2O.C5H10O2/c1-5-6(8)9-7(2,3)4;7-6(9)5-1-3-8-4-2-5;1-5(2,3)7-4-6/h5H,1H2,2-4H3;5,8H,1-4H2,(H2,7,9);4H,1-3H3. The van der Waals surface area contributed by atoms with Crippen LogP contribution in [0.1, 0.15) is 54.4 Å². The summed E-state index contributed by atoms with van der Waals surface area (Å²) >= 11 is 0. The van der Waals surface area contributed by atoms with Gasteiger partial charge in [0.25, 0.3) is 6.47 Å². The molecular weight excluding hydrogens is 324 g/mol. The third-order valence-corrected chi connectivity index (χ3v) is 2.72. The number of carbonyl (C=O) groups is 3. The minimum atomic E-state index is -0.398. The van der Waals surface area contributed by atoms with E-state index in [0.29, 0.717) is 6.47 Å². The first-order valence-electron chi connectivity index (χ1n) is 8.29. The van der Waals surface area contributed by atoms with Crippen LogP contribution in [-0.4, -0.2) is 42.6 Å². The molecule has 1 heterocycles. The number of nitrogens with one attached hydrogen (secondary N) is 1. The molecule has 1 fully saturated rings. The number of rotatable bonds is 3. The van der Waals surface area contributed by atoms with E-state index >= 15 is 0 Å². The maximum absolute atomic E-state index is 10.5. The molecule has 1 amide bonds. The van der Waals surface area contributed by atoms with Crippen LogP contribution >= 0.6 is 0 Å². The third-order valence-electron chi connectivity index (χ3n) is 2.72. The number of amides is 1. The number of hydrogen-bond acceptors (Lipinski definition) is 6. The van der Waals surface area contributed by atoms with Gasteiger partial charge in [-0.25, -0.2) is 4.79 Å². The van der Waals surface area contributed by atoms with Gasteiger partial charge in [-0.1, -0.05) is 6.58 Å². The Bertz CT molecular complexity index is 416. The zero-order valence-electron chi connectivity index (χ0n) is 16.4. The lowest BCUT2D eigenvalue weighted by atomic mass is 9.98. The van der Waals surface area contributed by atoms with Crippen molar-refractivity contribution in [3.63, 3.8) is 0 Å². The van der Waals surface area contributed by atoms with Gasteiger partial charge in [-0.3, -0.25) is 9.59 Å². The predicted octanol–water partition coefficient (Wildman–Crippen LogP) is 1.94. The maximum Gasteiger partial charge on any atom is 0.330 e. The van der Waals surface area contributed by atoms with Crippen molar-refractivity contribution in [1.29, 1.82) is 0 Å². The summed E-state index contributed by atoms with van der Waals surface area (Å²) in [5, 5.41) is 3.16. The van der Waals surface area contributed by atoms with Crippen molar-refractivity contribution in [3.8, 4) is 0 Å². The Kier molecular flexibility index (Phi) is 12.6. The number of nitrogens with two attached hydrogens (primary N) is 1. The first-order valence-corrected chi connectivity index (χ1v) is 8.29. The van der Waals surface area contributed by atoms with Gasteiger partial charge in [0.2, 0.25) is 5.91 Å². The summed E-state index contributed by atoms with van der Waals surface area (Å²) in [4.78, 5) is 30.6. The molecule has 0 saturated carbocycles. The topological polar surface area (TPSA) is 108 Å². The fourth-order valence-corrected chi connectivity index (χ4v) is 1.59. The molecule has 0 spiro atoms. The SMILES string of the molecule is C=CC(=O)OC(C)(C)C.CC(C)(C)OC=O.NC(=O)C1CCNCC1. The molecule has 3 N–H and O–H groups in total. The van der Waals surface area contributed by atoms with Crippen molar-refractivity contribution in [2.24, 2.45) is 11.7 Å². The third kappa shape index (κ3) is 20.1. The van der Waals surface area contributed by atoms with Gasteiger partial charge in [0.05, 0.1) is 0 Å². The summed E-state index contributed by atoms with van der Waals surface area (Å²) < 4.78 is 9.38. The van der Waals surface area contributed by atoms with Crippen molar-refractivity contribution >= 4 is 18.3 Å². The summed E-state index contributed by atoms with van der Waals surface area (Å²) in [5.41, 5.74) is 4.39. The Labute approximate surface area is 151 Å². The average Bonchev–Trinajstić information content (AvgIpc) is 2.46. The van der Waals surface area contributed by atoms with Crippen LogP contribution in [0.4, 0.5) is 0 Å². The monoisotopic (exact) mass is 358 g/mol. The van der Waals surface area contributed by atoms with Crippen LogP contribution in [0.15, 0.2) is 12.7 Å². The molecule has 25 heavy (non-hydrogen) atoms. The van der Waals surface area contributed by atoms with Crippen LogP contribution < -0.4 is 11.1 Å². The normalized spacial score (nSPS) is 14.6. The molecule has 0 aromatic carbocycles. The first-order chi connectivity index (χ1) is 11.3. The van der Waals surface area contributed by atoms with Gasteiger partial charge in [0.1, 0.15) is 11.2 Å². The lowest BCUT2D eigenvalue weighted by molar-refractivity contribution is -0.148. The van der Waals surface area contributed by atoms with Gasteiger partial charge in [-0.15, -0.1) is 0 Å².